The first-order chi connectivity index (χ1) is 10.5. The molecule has 0 saturated heterocycles. The number of hydrogen-bond acceptors (Lipinski definition) is 2. The van der Waals surface area contributed by atoms with Crippen molar-refractivity contribution in [1.29, 1.82) is 0 Å². The Morgan fingerprint density at radius 3 is 2.64 bits per heavy atom. The Morgan fingerprint density at radius 2 is 2.00 bits per heavy atom. The van der Waals surface area contributed by atoms with Gasteiger partial charge in [0.2, 0.25) is 0 Å². The Kier molecular flexibility index (Phi) is 5.69. The number of hydrogen-bond donors (Lipinski definition) is 1. The summed E-state index contributed by atoms with van der Waals surface area (Å²) in [5.74, 6) is 0.428. The first kappa shape index (κ1) is 16.7. The molecule has 1 atom stereocenters. The lowest BCUT2D eigenvalue weighted by molar-refractivity contribution is -0.122. The predicted molar refractivity (Wildman–Crippen MR) is 91.0 cm³/mol. The molecule has 0 aliphatic carbocycles. The maximum atomic E-state index is 12.3. The zero-order chi connectivity index (χ0) is 16.1. The molecule has 0 bridgehead atoms. The number of benzene rings is 2. The van der Waals surface area contributed by atoms with E-state index in [0.717, 1.165) is 5.56 Å². The van der Waals surface area contributed by atoms with E-state index in [9.17, 15) is 4.79 Å². The van der Waals surface area contributed by atoms with E-state index in [2.05, 4.69) is 5.32 Å². The molecular weight excluding hydrogens is 321 g/mol. The maximum Gasteiger partial charge on any atom is 0.265 e. The van der Waals surface area contributed by atoms with E-state index in [4.69, 9.17) is 27.9 Å². The average Bonchev–Trinajstić information content (AvgIpc) is 2.47. The summed E-state index contributed by atoms with van der Waals surface area (Å²) in [4.78, 5) is 12.3. The van der Waals surface area contributed by atoms with Gasteiger partial charge < -0.3 is 10.1 Å². The Labute approximate surface area is 140 Å². The van der Waals surface area contributed by atoms with Crippen molar-refractivity contribution in [3.63, 3.8) is 0 Å². The molecule has 1 amide bonds. The summed E-state index contributed by atoms with van der Waals surface area (Å²) in [6.45, 7) is 3.87. The minimum Gasteiger partial charge on any atom is -0.481 e. The van der Waals surface area contributed by atoms with Gasteiger partial charge in [-0.25, -0.2) is 0 Å². The molecule has 0 radical (unpaired) electrons. The van der Waals surface area contributed by atoms with E-state index in [1.54, 1.807) is 18.2 Å². The van der Waals surface area contributed by atoms with Gasteiger partial charge in [0.05, 0.1) is 10.7 Å². The number of nitrogens with one attached hydrogen (secondary N) is 1. The molecule has 1 N–H and O–H groups in total. The summed E-state index contributed by atoms with van der Waals surface area (Å²) in [5, 5.41) is 3.68. The zero-order valence-corrected chi connectivity index (χ0v) is 13.9. The van der Waals surface area contributed by atoms with Crippen LogP contribution < -0.4 is 10.1 Å². The standard InChI is InChI=1S/C17H17Cl2NO2/c1-3-16(22-13-6-4-5-11(2)9-13)17(21)20-15-8-7-12(18)10-14(15)19/h4-10,16H,3H2,1-2H3,(H,20,21). The van der Waals surface area contributed by atoms with Crippen LogP contribution in [0.5, 0.6) is 5.75 Å². The fourth-order valence-corrected chi connectivity index (χ4v) is 2.43. The summed E-state index contributed by atoms with van der Waals surface area (Å²) in [6.07, 6.45) is -0.0427. The largest absolute Gasteiger partial charge is 0.481 e. The van der Waals surface area contributed by atoms with Crippen LogP contribution in [0.4, 0.5) is 5.69 Å². The third kappa shape index (κ3) is 4.39. The summed E-state index contributed by atoms with van der Waals surface area (Å²) >= 11 is 11.9. The number of aryl methyl sites for hydroxylation is 1. The second-order valence-corrected chi connectivity index (χ2v) is 5.79. The van der Waals surface area contributed by atoms with E-state index in [0.29, 0.717) is 27.9 Å². The molecule has 3 nitrogen and oxygen atoms in total. The van der Waals surface area contributed by atoms with Gasteiger partial charge in [0.15, 0.2) is 6.10 Å². The predicted octanol–water partition coefficient (Wildman–Crippen LogP) is 5.10. The molecule has 2 aromatic carbocycles. The highest BCUT2D eigenvalue weighted by molar-refractivity contribution is 6.36. The van der Waals surface area contributed by atoms with Crippen molar-refractivity contribution in [2.24, 2.45) is 0 Å². The molecule has 2 rings (SSSR count). The lowest BCUT2D eigenvalue weighted by Gasteiger charge is -2.18. The van der Waals surface area contributed by atoms with E-state index >= 15 is 0 Å². The second-order valence-electron chi connectivity index (χ2n) is 4.94. The normalized spacial score (nSPS) is 11.8. The number of carbonyl (C=O) groups excluding carboxylic acids is 1. The maximum absolute atomic E-state index is 12.3. The molecule has 0 spiro atoms. The third-order valence-corrected chi connectivity index (χ3v) is 3.67. The number of anilines is 1. The topological polar surface area (TPSA) is 38.3 Å². The lowest BCUT2D eigenvalue weighted by atomic mass is 10.2. The fraction of sp³-hybridized carbons (Fsp3) is 0.235. The van der Waals surface area contributed by atoms with Crippen molar-refractivity contribution in [3.05, 3.63) is 58.1 Å². The molecule has 2 aromatic rings. The van der Waals surface area contributed by atoms with Gasteiger partial charge in [-0.3, -0.25) is 4.79 Å². The number of amides is 1. The lowest BCUT2D eigenvalue weighted by Crippen LogP contribution is -2.32. The van der Waals surface area contributed by atoms with Gasteiger partial charge in [-0.1, -0.05) is 42.3 Å². The molecule has 0 heterocycles. The van der Waals surface area contributed by atoms with Crippen LogP contribution in [0.1, 0.15) is 18.9 Å². The highest BCUT2D eigenvalue weighted by Gasteiger charge is 2.19. The van der Waals surface area contributed by atoms with E-state index < -0.39 is 6.10 Å². The van der Waals surface area contributed by atoms with Crippen LogP contribution in [0.25, 0.3) is 0 Å². The van der Waals surface area contributed by atoms with Gasteiger partial charge in [-0.2, -0.15) is 0 Å². The number of carbonyl (C=O) groups is 1. The Balaban J connectivity index is 2.08. The molecule has 0 fully saturated rings. The summed E-state index contributed by atoms with van der Waals surface area (Å²) < 4.78 is 5.76. The molecule has 1 unspecified atom stereocenters. The summed E-state index contributed by atoms with van der Waals surface area (Å²) in [7, 11) is 0. The van der Waals surface area contributed by atoms with Gasteiger partial charge in [0, 0.05) is 5.02 Å². The van der Waals surface area contributed by atoms with Gasteiger partial charge in [-0.15, -0.1) is 0 Å². The summed E-state index contributed by atoms with van der Waals surface area (Å²) in [6, 6.07) is 12.5. The van der Waals surface area contributed by atoms with Gasteiger partial charge in [-0.05, 0) is 49.2 Å². The van der Waals surface area contributed by atoms with Crippen LogP contribution in [-0.2, 0) is 4.79 Å². The van der Waals surface area contributed by atoms with Gasteiger partial charge >= 0.3 is 0 Å². The highest BCUT2D eigenvalue weighted by atomic mass is 35.5. The quantitative estimate of drug-likeness (QED) is 0.824. The average molecular weight is 338 g/mol. The minimum atomic E-state index is -0.589. The third-order valence-electron chi connectivity index (χ3n) is 3.12. The van der Waals surface area contributed by atoms with Crippen LogP contribution in [-0.4, -0.2) is 12.0 Å². The van der Waals surface area contributed by atoms with Gasteiger partial charge in [0.1, 0.15) is 5.75 Å². The molecule has 116 valence electrons. The molecule has 5 heteroatoms. The van der Waals surface area contributed by atoms with E-state index in [1.807, 2.05) is 38.1 Å². The molecular formula is C17H17Cl2NO2. The first-order valence-corrected chi connectivity index (χ1v) is 7.74. The van der Waals surface area contributed by atoms with Gasteiger partial charge in [0.25, 0.3) is 5.91 Å². The highest BCUT2D eigenvalue weighted by Crippen LogP contribution is 2.26. The smallest absolute Gasteiger partial charge is 0.265 e. The van der Waals surface area contributed by atoms with Crippen LogP contribution in [0, 0.1) is 6.92 Å². The molecule has 22 heavy (non-hydrogen) atoms. The van der Waals surface area contributed by atoms with Crippen LogP contribution >= 0.6 is 23.2 Å². The molecule has 0 aliphatic rings. The molecule has 0 aliphatic heterocycles. The number of rotatable bonds is 5. The Morgan fingerprint density at radius 1 is 1.23 bits per heavy atom. The van der Waals surface area contributed by atoms with Crippen molar-refractivity contribution in [3.8, 4) is 5.75 Å². The Bertz CT molecular complexity index is 673. The summed E-state index contributed by atoms with van der Waals surface area (Å²) in [5.41, 5.74) is 1.59. The van der Waals surface area contributed by atoms with E-state index in [-0.39, 0.29) is 5.91 Å². The monoisotopic (exact) mass is 337 g/mol. The fourth-order valence-electron chi connectivity index (χ4n) is 1.98. The van der Waals surface area contributed by atoms with Crippen LogP contribution in [0.15, 0.2) is 42.5 Å². The van der Waals surface area contributed by atoms with Crippen molar-refractivity contribution in [1.82, 2.24) is 0 Å². The van der Waals surface area contributed by atoms with Crippen molar-refractivity contribution < 1.29 is 9.53 Å². The van der Waals surface area contributed by atoms with Crippen molar-refractivity contribution in [2.45, 2.75) is 26.4 Å². The first-order valence-electron chi connectivity index (χ1n) is 6.99. The molecule has 0 aromatic heterocycles. The Hall–Kier alpha value is -1.71. The number of ether oxygens (including phenoxy) is 1. The second kappa shape index (κ2) is 7.52. The van der Waals surface area contributed by atoms with Crippen LogP contribution in [0.2, 0.25) is 10.0 Å². The SMILES string of the molecule is CCC(Oc1cccc(C)c1)C(=O)Nc1ccc(Cl)cc1Cl. The molecule has 0 saturated carbocycles. The number of halogens is 2. The van der Waals surface area contributed by atoms with Crippen molar-refractivity contribution in [2.75, 3.05) is 5.32 Å². The van der Waals surface area contributed by atoms with E-state index in [1.165, 1.54) is 0 Å². The zero-order valence-electron chi connectivity index (χ0n) is 12.4. The van der Waals surface area contributed by atoms with Crippen LogP contribution in [0.3, 0.4) is 0 Å². The minimum absolute atomic E-state index is 0.242. The van der Waals surface area contributed by atoms with Crippen molar-refractivity contribution >= 4 is 34.8 Å².